The van der Waals surface area contributed by atoms with Gasteiger partial charge in [0.1, 0.15) is 11.4 Å². The molecule has 2 fully saturated rings. The number of nitrogens with one attached hydrogen (secondary N) is 2. The van der Waals surface area contributed by atoms with Gasteiger partial charge in [-0.05, 0) is 50.4 Å². The Morgan fingerprint density at radius 1 is 1.28 bits per heavy atom. The van der Waals surface area contributed by atoms with Crippen LogP contribution in [0.5, 0.6) is 0 Å². The predicted octanol–water partition coefficient (Wildman–Crippen LogP) is 1.91. The third kappa shape index (κ3) is 5.20. The first-order chi connectivity index (χ1) is 11.2. The minimum absolute atomic E-state index is 0. The van der Waals surface area contributed by atoms with Crippen molar-refractivity contribution in [3.05, 3.63) is 23.9 Å². The summed E-state index contributed by atoms with van der Waals surface area (Å²) in [5, 5.41) is 6.26. The summed E-state index contributed by atoms with van der Waals surface area (Å²) in [5.74, 6) is 1.01. The van der Waals surface area contributed by atoms with Gasteiger partial charge >= 0.3 is 0 Å². The number of piperidine rings is 1. The Labute approximate surface area is 161 Å². The third-order valence-electron chi connectivity index (χ3n) is 4.91. The van der Waals surface area contributed by atoms with Crippen molar-refractivity contribution in [2.45, 2.75) is 37.8 Å². The molecule has 1 amide bonds. The number of aromatic nitrogens is 1. The molecule has 0 aromatic carbocycles. The number of hydrogen-bond donors (Lipinski definition) is 2. The number of ether oxygens (including phenoxy) is 1. The predicted molar refractivity (Wildman–Crippen MR) is 104 cm³/mol. The van der Waals surface area contributed by atoms with Crippen molar-refractivity contribution in [2.24, 2.45) is 0 Å². The Hall–Kier alpha value is -1.08. The fraction of sp³-hybridized carbons (Fsp3) is 0.647. The van der Waals surface area contributed by atoms with Gasteiger partial charge in [-0.2, -0.15) is 0 Å². The van der Waals surface area contributed by atoms with E-state index in [1.165, 1.54) is 12.8 Å². The topological polar surface area (TPSA) is 66.5 Å². The largest absolute Gasteiger partial charge is 0.368 e. The van der Waals surface area contributed by atoms with E-state index in [4.69, 9.17) is 4.74 Å². The molecule has 1 aromatic heterocycles. The van der Waals surface area contributed by atoms with Gasteiger partial charge in [-0.25, -0.2) is 4.98 Å². The zero-order valence-electron chi connectivity index (χ0n) is 14.6. The first-order valence-corrected chi connectivity index (χ1v) is 8.48. The molecule has 0 radical (unpaired) electrons. The second kappa shape index (κ2) is 10.2. The van der Waals surface area contributed by atoms with Gasteiger partial charge in [0.05, 0.1) is 0 Å². The SMILES string of the molecule is COC1(C(=O)NCc2ccc(N3CCCC3)nc2)CCNCC1.Cl.Cl. The van der Waals surface area contributed by atoms with Gasteiger partial charge in [-0.15, -0.1) is 24.8 Å². The van der Waals surface area contributed by atoms with E-state index in [1.54, 1.807) is 7.11 Å². The van der Waals surface area contributed by atoms with Crippen LogP contribution in [-0.4, -0.2) is 49.8 Å². The molecule has 0 atom stereocenters. The molecule has 0 aliphatic carbocycles. The quantitative estimate of drug-likeness (QED) is 0.803. The lowest BCUT2D eigenvalue weighted by atomic mass is 9.91. The second-order valence-electron chi connectivity index (χ2n) is 6.35. The summed E-state index contributed by atoms with van der Waals surface area (Å²) in [6, 6.07) is 4.09. The van der Waals surface area contributed by atoms with E-state index in [1.807, 2.05) is 18.3 Å². The number of carbonyl (C=O) groups excluding carboxylic acids is 1. The van der Waals surface area contributed by atoms with Gasteiger partial charge in [0.2, 0.25) is 0 Å². The molecule has 25 heavy (non-hydrogen) atoms. The summed E-state index contributed by atoms with van der Waals surface area (Å²) in [7, 11) is 1.62. The van der Waals surface area contributed by atoms with Gasteiger partial charge in [0, 0.05) is 32.9 Å². The van der Waals surface area contributed by atoms with E-state index in [0.29, 0.717) is 19.4 Å². The van der Waals surface area contributed by atoms with E-state index in [9.17, 15) is 4.79 Å². The summed E-state index contributed by atoms with van der Waals surface area (Å²) in [5.41, 5.74) is 0.329. The molecule has 0 saturated carbocycles. The van der Waals surface area contributed by atoms with E-state index < -0.39 is 5.60 Å². The van der Waals surface area contributed by atoms with Crippen molar-refractivity contribution >= 4 is 36.5 Å². The standard InChI is InChI=1S/C17H26N4O2.2ClH/c1-23-17(6-8-18-9-7-17)16(22)20-13-14-4-5-15(19-12-14)21-10-2-3-11-21;;/h4-5,12,18H,2-3,6-11,13H2,1H3,(H,20,22);2*1H. The van der Waals surface area contributed by atoms with Crippen LogP contribution >= 0.6 is 24.8 Å². The highest BCUT2D eigenvalue weighted by Crippen LogP contribution is 2.23. The molecule has 0 bridgehead atoms. The fourth-order valence-corrected chi connectivity index (χ4v) is 3.35. The van der Waals surface area contributed by atoms with E-state index >= 15 is 0 Å². The highest BCUT2D eigenvalue weighted by atomic mass is 35.5. The van der Waals surface area contributed by atoms with Gasteiger partial charge in [-0.3, -0.25) is 4.79 Å². The van der Waals surface area contributed by atoms with Gasteiger partial charge in [0.15, 0.2) is 0 Å². The van der Waals surface area contributed by atoms with Crippen LogP contribution in [0.4, 0.5) is 5.82 Å². The maximum Gasteiger partial charge on any atom is 0.252 e. The van der Waals surface area contributed by atoms with Crippen LogP contribution < -0.4 is 15.5 Å². The second-order valence-corrected chi connectivity index (χ2v) is 6.35. The van der Waals surface area contributed by atoms with Crippen molar-refractivity contribution < 1.29 is 9.53 Å². The molecule has 0 unspecified atom stereocenters. The van der Waals surface area contributed by atoms with Crippen molar-refractivity contribution in [1.29, 1.82) is 0 Å². The van der Waals surface area contributed by atoms with Crippen LogP contribution in [0.2, 0.25) is 0 Å². The number of carbonyl (C=O) groups is 1. The van der Waals surface area contributed by atoms with Gasteiger partial charge in [0.25, 0.3) is 5.91 Å². The maximum atomic E-state index is 12.5. The highest BCUT2D eigenvalue weighted by molar-refractivity contribution is 5.86. The van der Waals surface area contributed by atoms with Crippen LogP contribution in [0.3, 0.4) is 0 Å². The third-order valence-corrected chi connectivity index (χ3v) is 4.91. The summed E-state index contributed by atoms with van der Waals surface area (Å²) in [6.07, 6.45) is 5.76. The zero-order chi connectivity index (χ0) is 16.1. The first-order valence-electron chi connectivity index (χ1n) is 8.48. The number of halogens is 2. The number of methoxy groups -OCH3 is 1. The lowest BCUT2D eigenvalue weighted by Crippen LogP contribution is -2.53. The molecule has 2 aliphatic rings. The number of amides is 1. The average molecular weight is 391 g/mol. The minimum Gasteiger partial charge on any atom is -0.368 e. The molecule has 3 rings (SSSR count). The molecular formula is C17H28Cl2N4O2. The van der Waals surface area contributed by atoms with Crippen LogP contribution in [-0.2, 0) is 16.1 Å². The summed E-state index contributed by atoms with van der Waals surface area (Å²) in [4.78, 5) is 19.3. The Kier molecular flexibility index (Phi) is 8.93. The average Bonchev–Trinajstić information content (AvgIpc) is 3.15. The maximum absolute atomic E-state index is 12.5. The Bertz CT molecular complexity index is 530. The number of nitrogens with zero attached hydrogens (tertiary/aromatic N) is 2. The zero-order valence-corrected chi connectivity index (χ0v) is 16.3. The van der Waals surface area contributed by atoms with Crippen LogP contribution in [0, 0.1) is 0 Å². The summed E-state index contributed by atoms with van der Waals surface area (Å²) >= 11 is 0. The van der Waals surface area contributed by atoms with Crippen molar-refractivity contribution in [3.8, 4) is 0 Å². The molecule has 2 N–H and O–H groups in total. The van der Waals surface area contributed by atoms with E-state index in [2.05, 4.69) is 20.5 Å². The highest BCUT2D eigenvalue weighted by Gasteiger charge is 2.39. The Morgan fingerprint density at radius 2 is 1.96 bits per heavy atom. The molecule has 142 valence electrons. The Morgan fingerprint density at radius 3 is 2.52 bits per heavy atom. The lowest BCUT2D eigenvalue weighted by Gasteiger charge is -2.34. The van der Waals surface area contributed by atoms with Crippen molar-refractivity contribution in [2.75, 3.05) is 38.2 Å². The minimum atomic E-state index is -0.686. The van der Waals surface area contributed by atoms with Crippen molar-refractivity contribution in [1.82, 2.24) is 15.6 Å². The molecule has 3 heterocycles. The molecule has 1 aromatic rings. The number of pyridine rings is 1. The van der Waals surface area contributed by atoms with Crippen LogP contribution in [0.15, 0.2) is 18.3 Å². The first kappa shape index (κ1) is 22.0. The number of rotatable bonds is 5. The molecule has 6 nitrogen and oxygen atoms in total. The van der Waals surface area contributed by atoms with E-state index in [0.717, 1.165) is 37.6 Å². The van der Waals surface area contributed by atoms with Crippen molar-refractivity contribution in [3.63, 3.8) is 0 Å². The summed E-state index contributed by atoms with van der Waals surface area (Å²) in [6.45, 7) is 4.30. The number of anilines is 1. The van der Waals surface area contributed by atoms with Crippen LogP contribution in [0.1, 0.15) is 31.2 Å². The molecule has 8 heteroatoms. The molecular weight excluding hydrogens is 363 g/mol. The smallest absolute Gasteiger partial charge is 0.252 e. The van der Waals surface area contributed by atoms with Gasteiger partial charge < -0.3 is 20.3 Å². The normalized spacial score (nSPS) is 18.8. The summed E-state index contributed by atoms with van der Waals surface area (Å²) < 4.78 is 5.54. The number of hydrogen-bond acceptors (Lipinski definition) is 5. The fourth-order valence-electron chi connectivity index (χ4n) is 3.35. The Balaban J connectivity index is 0.00000156. The molecule has 0 spiro atoms. The lowest BCUT2D eigenvalue weighted by molar-refractivity contribution is -0.146. The monoisotopic (exact) mass is 390 g/mol. The van der Waals surface area contributed by atoms with Crippen LogP contribution in [0.25, 0.3) is 0 Å². The van der Waals surface area contributed by atoms with E-state index in [-0.39, 0.29) is 30.7 Å². The molecule has 2 saturated heterocycles. The van der Waals surface area contributed by atoms with Gasteiger partial charge in [-0.1, -0.05) is 6.07 Å². The molecule has 2 aliphatic heterocycles.